The summed E-state index contributed by atoms with van der Waals surface area (Å²) in [6.07, 6.45) is 7.25. The molecule has 0 bridgehead atoms. The highest BCUT2D eigenvalue weighted by atomic mass is 16.5. The largest absolute Gasteiger partial charge is 0.373 e. The van der Waals surface area contributed by atoms with Crippen LogP contribution in [-0.4, -0.2) is 55.3 Å². The van der Waals surface area contributed by atoms with E-state index in [0.717, 1.165) is 42.2 Å². The molecule has 0 radical (unpaired) electrons. The third-order valence-electron chi connectivity index (χ3n) is 4.73. The van der Waals surface area contributed by atoms with Gasteiger partial charge < -0.3 is 9.64 Å². The molecule has 0 saturated carbocycles. The number of fused-ring (bicyclic) bond motifs is 1. The minimum atomic E-state index is 0.0628. The van der Waals surface area contributed by atoms with E-state index in [4.69, 9.17) is 4.74 Å². The zero-order chi connectivity index (χ0) is 18.1. The van der Waals surface area contributed by atoms with Crippen molar-refractivity contribution in [3.63, 3.8) is 0 Å². The number of rotatable bonds is 4. The van der Waals surface area contributed by atoms with Crippen molar-refractivity contribution >= 4 is 16.9 Å². The molecular formula is C19H19N7O. The van der Waals surface area contributed by atoms with Crippen LogP contribution in [0.5, 0.6) is 0 Å². The van der Waals surface area contributed by atoms with Crippen LogP contribution in [0.25, 0.3) is 16.7 Å². The van der Waals surface area contributed by atoms with E-state index >= 15 is 0 Å². The Bertz CT molecular complexity index is 1030. The van der Waals surface area contributed by atoms with Crippen LogP contribution in [0, 0.1) is 0 Å². The van der Waals surface area contributed by atoms with E-state index in [1.54, 1.807) is 12.5 Å². The maximum Gasteiger partial charge on any atom is 0.168 e. The van der Waals surface area contributed by atoms with E-state index in [1.165, 1.54) is 0 Å². The van der Waals surface area contributed by atoms with Gasteiger partial charge in [-0.1, -0.05) is 18.2 Å². The average molecular weight is 361 g/mol. The monoisotopic (exact) mass is 361 g/mol. The predicted molar refractivity (Wildman–Crippen MR) is 101 cm³/mol. The van der Waals surface area contributed by atoms with E-state index in [2.05, 4.69) is 25.1 Å². The molecule has 4 aromatic rings. The predicted octanol–water partition coefficient (Wildman–Crippen LogP) is 1.92. The van der Waals surface area contributed by atoms with Crippen LogP contribution >= 0.6 is 0 Å². The molecule has 4 heterocycles. The molecule has 3 aromatic heterocycles. The summed E-state index contributed by atoms with van der Waals surface area (Å²) in [6, 6.07) is 11.9. The van der Waals surface area contributed by atoms with Crippen molar-refractivity contribution in [2.75, 3.05) is 24.6 Å². The summed E-state index contributed by atoms with van der Waals surface area (Å²) in [7, 11) is 0. The molecule has 136 valence electrons. The van der Waals surface area contributed by atoms with Crippen LogP contribution in [0.1, 0.15) is 0 Å². The van der Waals surface area contributed by atoms with Crippen LogP contribution in [0.4, 0.5) is 5.82 Å². The fraction of sp³-hybridized carbons (Fsp3) is 0.263. The molecule has 0 aliphatic carbocycles. The summed E-state index contributed by atoms with van der Waals surface area (Å²) in [6.45, 7) is 2.92. The molecule has 0 spiro atoms. The van der Waals surface area contributed by atoms with Gasteiger partial charge >= 0.3 is 0 Å². The lowest BCUT2D eigenvalue weighted by Crippen LogP contribution is -2.44. The van der Waals surface area contributed by atoms with Crippen LogP contribution in [-0.2, 0) is 11.3 Å². The molecule has 0 amide bonds. The summed E-state index contributed by atoms with van der Waals surface area (Å²) < 4.78 is 9.67. The molecule has 1 atom stereocenters. The van der Waals surface area contributed by atoms with Gasteiger partial charge in [-0.05, 0) is 18.2 Å². The standard InChI is InChI=1S/C19H19N7O/c1-2-5-15(6-3-1)26-19-17(11-23-26)18(20-14-21-19)24-9-10-27-16(12-24)13-25-8-4-7-22-25/h1-8,11,14,16H,9-10,12-13H2. The van der Waals surface area contributed by atoms with Gasteiger partial charge in [0.05, 0.1) is 36.5 Å². The van der Waals surface area contributed by atoms with Crippen LogP contribution in [0.15, 0.2) is 61.3 Å². The lowest BCUT2D eigenvalue weighted by Gasteiger charge is -2.33. The molecule has 1 aromatic carbocycles. The molecule has 8 heteroatoms. The van der Waals surface area contributed by atoms with Crippen molar-refractivity contribution < 1.29 is 4.74 Å². The summed E-state index contributed by atoms with van der Waals surface area (Å²) in [5.41, 5.74) is 1.79. The number of nitrogens with zero attached hydrogens (tertiary/aromatic N) is 7. The lowest BCUT2D eigenvalue weighted by molar-refractivity contribution is 0.0273. The Kier molecular flexibility index (Phi) is 4.02. The van der Waals surface area contributed by atoms with Crippen molar-refractivity contribution in [2.24, 2.45) is 0 Å². The van der Waals surface area contributed by atoms with Gasteiger partial charge in [-0.3, -0.25) is 4.68 Å². The van der Waals surface area contributed by atoms with E-state index in [1.807, 2.05) is 58.2 Å². The zero-order valence-electron chi connectivity index (χ0n) is 14.7. The maximum absolute atomic E-state index is 5.92. The topological polar surface area (TPSA) is 73.9 Å². The second kappa shape index (κ2) is 6.81. The quantitative estimate of drug-likeness (QED) is 0.553. The van der Waals surface area contributed by atoms with E-state index in [0.29, 0.717) is 6.61 Å². The second-order valence-electron chi connectivity index (χ2n) is 6.49. The van der Waals surface area contributed by atoms with Crippen molar-refractivity contribution in [3.8, 4) is 5.69 Å². The lowest BCUT2D eigenvalue weighted by atomic mass is 10.2. The summed E-state index contributed by atoms with van der Waals surface area (Å²) >= 11 is 0. The minimum Gasteiger partial charge on any atom is -0.373 e. The van der Waals surface area contributed by atoms with Gasteiger partial charge in [0.25, 0.3) is 0 Å². The third-order valence-corrected chi connectivity index (χ3v) is 4.73. The highest BCUT2D eigenvalue weighted by molar-refractivity contribution is 5.87. The van der Waals surface area contributed by atoms with Gasteiger partial charge in [0.1, 0.15) is 12.1 Å². The maximum atomic E-state index is 5.92. The van der Waals surface area contributed by atoms with Crippen molar-refractivity contribution in [3.05, 3.63) is 61.3 Å². The Labute approximate surface area is 156 Å². The van der Waals surface area contributed by atoms with Crippen molar-refractivity contribution in [1.29, 1.82) is 0 Å². The summed E-state index contributed by atoms with van der Waals surface area (Å²) in [4.78, 5) is 11.3. The number of hydrogen-bond donors (Lipinski definition) is 0. The average Bonchev–Trinajstić information content (AvgIpc) is 3.38. The SMILES string of the molecule is c1ccc(-n2ncc3c(N4CCOC(Cn5cccn5)C4)ncnc32)cc1. The Morgan fingerprint density at radius 3 is 2.85 bits per heavy atom. The molecule has 5 rings (SSSR count). The molecule has 1 saturated heterocycles. The Balaban J connectivity index is 1.45. The number of anilines is 1. The van der Waals surface area contributed by atoms with Crippen LogP contribution in [0.3, 0.4) is 0 Å². The van der Waals surface area contributed by atoms with Crippen LogP contribution < -0.4 is 4.90 Å². The van der Waals surface area contributed by atoms with Crippen molar-refractivity contribution in [1.82, 2.24) is 29.5 Å². The molecule has 27 heavy (non-hydrogen) atoms. The first-order valence-corrected chi connectivity index (χ1v) is 8.96. The first kappa shape index (κ1) is 16.0. The molecular weight excluding hydrogens is 342 g/mol. The zero-order valence-corrected chi connectivity index (χ0v) is 14.7. The Hall–Kier alpha value is -3.26. The summed E-state index contributed by atoms with van der Waals surface area (Å²) in [5, 5.41) is 9.76. The highest BCUT2D eigenvalue weighted by Crippen LogP contribution is 2.26. The molecule has 8 nitrogen and oxygen atoms in total. The normalized spacial score (nSPS) is 17.5. The number of ether oxygens (including phenoxy) is 1. The highest BCUT2D eigenvalue weighted by Gasteiger charge is 2.24. The fourth-order valence-corrected chi connectivity index (χ4v) is 3.48. The number of morpholine rings is 1. The Morgan fingerprint density at radius 2 is 2.00 bits per heavy atom. The minimum absolute atomic E-state index is 0.0628. The third kappa shape index (κ3) is 3.04. The fourth-order valence-electron chi connectivity index (χ4n) is 3.48. The summed E-state index contributed by atoms with van der Waals surface area (Å²) in [5.74, 6) is 0.899. The molecule has 1 fully saturated rings. The van der Waals surface area contributed by atoms with Gasteiger partial charge in [-0.2, -0.15) is 10.2 Å². The number of aromatic nitrogens is 6. The number of para-hydroxylation sites is 1. The van der Waals surface area contributed by atoms with Gasteiger partial charge in [-0.15, -0.1) is 0 Å². The first-order chi connectivity index (χ1) is 13.4. The molecule has 1 aliphatic heterocycles. The van der Waals surface area contributed by atoms with Gasteiger partial charge in [0, 0.05) is 25.5 Å². The molecule has 1 aliphatic rings. The smallest absolute Gasteiger partial charge is 0.168 e. The van der Waals surface area contributed by atoms with Gasteiger partial charge in [-0.25, -0.2) is 14.6 Å². The van der Waals surface area contributed by atoms with Gasteiger partial charge in [0.2, 0.25) is 0 Å². The number of hydrogen-bond acceptors (Lipinski definition) is 6. The van der Waals surface area contributed by atoms with E-state index in [-0.39, 0.29) is 6.10 Å². The second-order valence-corrected chi connectivity index (χ2v) is 6.49. The van der Waals surface area contributed by atoms with Gasteiger partial charge in [0.15, 0.2) is 5.65 Å². The van der Waals surface area contributed by atoms with E-state index in [9.17, 15) is 0 Å². The van der Waals surface area contributed by atoms with Crippen molar-refractivity contribution in [2.45, 2.75) is 12.6 Å². The Morgan fingerprint density at radius 1 is 1.07 bits per heavy atom. The molecule has 1 unspecified atom stereocenters. The number of benzene rings is 1. The van der Waals surface area contributed by atoms with Crippen LogP contribution in [0.2, 0.25) is 0 Å². The van der Waals surface area contributed by atoms with E-state index < -0.39 is 0 Å². The first-order valence-electron chi connectivity index (χ1n) is 8.96. The molecule has 0 N–H and O–H groups in total.